The molecule has 2 unspecified atom stereocenters. The van der Waals surface area contributed by atoms with Gasteiger partial charge in [0.15, 0.2) is 5.75 Å². The van der Waals surface area contributed by atoms with E-state index >= 15 is 0 Å². The minimum absolute atomic E-state index is 0.0472. The van der Waals surface area contributed by atoms with E-state index in [9.17, 15) is 13.5 Å². The van der Waals surface area contributed by atoms with Gasteiger partial charge in [-0.05, 0) is 41.2 Å². The second kappa shape index (κ2) is 8.03. The van der Waals surface area contributed by atoms with Gasteiger partial charge in [-0.25, -0.2) is 13.1 Å². The van der Waals surface area contributed by atoms with E-state index in [4.69, 9.17) is 16.3 Å². The summed E-state index contributed by atoms with van der Waals surface area (Å²) in [6.07, 6.45) is 1.81. The summed E-state index contributed by atoms with van der Waals surface area (Å²) >= 11 is 10.5. The number of hydrogen-bond acceptors (Lipinski definition) is 5. The van der Waals surface area contributed by atoms with Crippen molar-refractivity contribution in [2.75, 3.05) is 20.0 Å². The molecule has 1 rings (SSSR count). The first kappa shape index (κ1) is 19.1. The van der Waals surface area contributed by atoms with E-state index < -0.39 is 16.1 Å². The minimum atomic E-state index is -3.83. The van der Waals surface area contributed by atoms with Crippen molar-refractivity contribution in [2.24, 2.45) is 0 Å². The van der Waals surface area contributed by atoms with E-state index in [0.717, 1.165) is 0 Å². The van der Waals surface area contributed by atoms with E-state index in [1.807, 2.05) is 6.26 Å². The number of hydrogen-bond donors (Lipinski definition) is 2. The molecule has 0 bridgehead atoms. The van der Waals surface area contributed by atoms with Crippen LogP contribution in [0.25, 0.3) is 0 Å². The van der Waals surface area contributed by atoms with Gasteiger partial charge in [0.25, 0.3) is 0 Å². The number of sulfonamides is 1. The summed E-state index contributed by atoms with van der Waals surface area (Å²) in [6.45, 7) is 1.57. The Morgan fingerprint density at radius 3 is 2.62 bits per heavy atom. The molecule has 21 heavy (non-hydrogen) atoms. The van der Waals surface area contributed by atoms with E-state index in [-0.39, 0.29) is 27.5 Å². The number of aliphatic hydroxyl groups excluding tert-OH is 1. The average Bonchev–Trinajstić information content (AvgIpc) is 2.38. The van der Waals surface area contributed by atoms with Crippen molar-refractivity contribution in [3.63, 3.8) is 0 Å². The smallest absolute Gasteiger partial charge is 0.244 e. The zero-order valence-corrected chi connectivity index (χ0v) is 15.7. The van der Waals surface area contributed by atoms with Crippen LogP contribution in [0.4, 0.5) is 0 Å². The van der Waals surface area contributed by atoms with Crippen molar-refractivity contribution < 1.29 is 18.3 Å². The first-order valence-electron chi connectivity index (χ1n) is 5.95. The highest BCUT2D eigenvalue weighted by Crippen LogP contribution is 2.35. The number of nitrogens with one attached hydrogen (secondary N) is 1. The largest absolute Gasteiger partial charge is 0.494 e. The van der Waals surface area contributed by atoms with Gasteiger partial charge in [-0.2, -0.15) is 11.8 Å². The topological polar surface area (TPSA) is 75.6 Å². The van der Waals surface area contributed by atoms with Gasteiger partial charge in [0.1, 0.15) is 4.90 Å². The van der Waals surface area contributed by atoms with Crippen LogP contribution in [-0.2, 0) is 10.0 Å². The molecule has 0 saturated heterocycles. The third-order valence-corrected chi connectivity index (χ3v) is 6.38. The van der Waals surface area contributed by atoms with Gasteiger partial charge in [0.2, 0.25) is 10.0 Å². The Bertz CT molecular complexity index is 593. The minimum Gasteiger partial charge on any atom is -0.494 e. The Labute approximate surface area is 142 Å². The number of benzene rings is 1. The van der Waals surface area contributed by atoms with Crippen molar-refractivity contribution in [3.05, 3.63) is 21.6 Å². The van der Waals surface area contributed by atoms with E-state index in [0.29, 0.717) is 4.47 Å². The predicted octanol–water partition coefficient (Wildman–Crippen LogP) is 2.50. The second-order valence-electron chi connectivity index (χ2n) is 4.29. The molecule has 120 valence electrons. The maximum absolute atomic E-state index is 12.5. The van der Waals surface area contributed by atoms with Gasteiger partial charge in [0, 0.05) is 16.3 Å². The van der Waals surface area contributed by atoms with Crippen LogP contribution in [0.1, 0.15) is 6.92 Å². The van der Waals surface area contributed by atoms with E-state index in [1.165, 1.54) is 24.9 Å². The van der Waals surface area contributed by atoms with Gasteiger partial charge in [-0.1, -0.05) is 11.6 Å². The fraction of sp³-hybridized carbons (Fsp3) is 0.500. The zero-order chi connectivity index (χ0) is 16.2. The lowest BCUT2D eigenvalue weighted by atomic mass is 10.3. The van der Waals surface area contributed by atoms with Crippen molar-refractivity contribution in [1.82, 2.24) is 4.72 Å². The molecule has 0 saturated carbocycles. The quantitative estimate of drug-likeness (QED) is 0.711. The highest BCUT2D eigenvalue weighted by Gasteiger charge is 2.27. The highest BCUT2D eigenvalue weighted by atomic mass is 79.9. The van der Waals surface area contributed by atoms with E-state index in [2.05, 4.69) is 20.7 Å². The van der Waals surface area contributed by atoms with Crippen LogP contribution in [-0.4, -0.2) is 44.8 Å². The maximum Gasteiger partial charge on any atom is 0.244 e. The van der Waals surface area contributed by atoms with Gasteiger partial charge < -0.3 is 9.84 Å². The zero-order valence-electron chi connectivity index (χ0n) is 11.8. The lowest BCUT2D eigenvalue weighted by Crippen LogP contribution is -2.41. The number of ether oxygens (including phenoxy) is 1. The molecular formula is C12H17BrClNO4S2. The molecule has 0 spiro atoms. The van der Waals surface area contributed by atoms with Crippen molar-refractivity contribution in [1.29, 1.82) is 0 Å². The molecule has 0 aromatic heterocycles. The molecule has 0 fully saturated rings. The molecule has 2 atom stereocenters. The molecule has 0 aliphatic heterocycles. The monoisotopic (exact) mass is 417 g/mol. The molecule has 2 N–H and O–H groups in total. The summed E-state index contributed by atoms with van der Waals surface area (Å²) in [5.41, 5.74) is 0. The molecular weight excluding hydrogens is 402 g/mol. The Morgan fingerprint density at radius 1 is 1.52 bits per heavy atom. The van der Waals surface area contributed by atoms with Gasteiger partial charge in [-0.3, -0.25) is 0 Å². The summed E-state index contributed by atoms with van der Waals surface area (Å²) < 4.78 is 33.1. The normalized spacial score (nSPS) is 14.8. The lowest BCUT2D eigenvalue weighted by molar-refractivity contribution is 0.282. The van der Waals surface area contributed by atoms with Crippen LogP contribution in [0.2, 0.25) is 5.02 Å². The summed E-state index contributed by atoms with van der Waals surface area (Å²) in [4.78, 5) is -0.0472. The number of halogens is 2. The standard InChI is InChI=1S/C12H17BrClNO4S2/c1-7(10(6-16)20-3)15-21(17,18)11-5-8(14)4-9(13)12(11)19-2/h4-5,7,10,15-16H,6H2,1-3H3. The van der Waals surface area contributed by atoms with Gasteiger partial charge in [0.05, 0.1) is 18.2 Å². The van der Waals surface area contributed by atoms with Crippen LogP contribution in [0, 0.1) is 0 Å². The fourth-order valence-corrected chi connectivity index (χ4v) is 5.14. The van der Waals surface area contributed by atoms with Crippen LogP contribution in [0.15, 0.2) is 21.5 Å². The number of aliphatic hydroxyl groups is 1. The van der Waals surface area contributed by atoms with Gasteiger partial charge in [-0.15, -0.1) is 0 Å². The maximum atomic E-state index is 12.5. The van der Waals surface area contributed by atoms with E-state index in [1.54, 1.807) is 13.0 Å². The second-order valence-corrected chi connectivity index (χ2v) is 8.34. The molecule has 5 nitrogen and oxygen atoms in total. The van der Waals surface area contributed by atoms with Crippen LogP contribution >= 0.6 is 39.3 Å². The molecule has 0 aliphatic rings. The molecule has 1 aromatic rings. The first-order chi connectivity index (χ1) is 9.76. The summed E-state index contributed by atoms with van der Waals surface area (Å²) in [6, 6.07) is 2.44. The third kappa shape index (κ3) is 4.74. The Kier molecular flexibility index (Phi) is 7.29. The van der Waals surface area contributed by atoms with Gasteiger partial charge >= 0.3 is 0 Å². The first-order valence-corrected chi connectivity index (χ1v) is 9.90. The Hall–Kier alpha value is 0.01000. The molecule has 0 heterocycles. The molecule has 1 aromatic carbocycles. The number of thioether (sulfide) groups is 1. The molecule has 0 aliphatic carbocycles. The predicted molar refractivity (Wildman–Crippen MR) is 89.9 cm³/mol. The average molecular weight is 419 g/mol. The molecule has 9 heteroatoms. The van der Waals surface area contributed by atoms with Crippen molar-refractivity contribution in [3.8, 4) is 5.75 Å². The number of rotatable bonds is 7. The third-order valence-electron chi connectivity index (χ3n) is 2.85. The fourth-order valence-electron chi connectivity index (χ4n) is 1.76. The van der Waals surface area contributed by atoms with Crippen LogP contribution in [0.3, 0.4) is 0 Å². The molecule has 0 amide bonds. The lowest BCUT2D eigenvalue weighted by Gasteiger charge is -2.22. The van der Waals surface area contributed by atoms with Crippen LogP contribution < -0.4 is 9.46 Å². The Balaban J connectivity index is 3.20. The van der Waals surface area contributed by atoms with Crippen molar-refractivity contribution >= 4 is 49.3 Å². The highest BCUT2D eigenvalue weighted by molar-refractivity contribution is 9.10. The summed E-state index contributed by atoms with van der Waals surface area (Å²) in [5.74, 6) is 0.184. The summed E-state index contributed by atoms with van der Waals surface area (Å²) in [7, 11) is -2.44. The Morgan fingerprint density at radius 2 is 2.14 bits per heavy atom. The summed E-state index contributed by atoms with van der Waals surface area (Å²) in [5, 5.41) is 9.28. The van der Waals surface area contributed by atoms with Crippen molar-refractivity contribution in [2.45, 2.75) is 23.1 Å². The molecule has 0 radical (unpaired) electrons. The number of methoxy groups -OCH3 is 1. The SMILES string of the molecule is COc1c(Br)cc(Cl)cc1S(=O)(=O)NC(C)C(CO)SC. The van der Waals surface area contributed by atoms with Crippen LogP contribution in [0.5, 0.6) is 5.75 Å².